The number of carbonyl (C=O) groups is 1. The Labute approximate surface area is 106 Å². The van der Waals surface area contributed by atoms with Crippen LogP contribution in [0.15, 0.2) is 16.6 Å². The maximum absolute atomic E-state index is 13.4. The number of benzene rings is 1. The molecule has 0 saturated carbocycles. The molecule has 2 rings (SSSR count). The van der Waals surface area contributed by atoms with Gasteiger partial charge in [0.25, 0.3) is 0 Å². The number of esters is 1. The fourth-order valence-electron chi connectivity index (χ4n) is 1.70. The van der Waals surface area contributed by atoms with Gasteiger partial charge in [-0.25, -0.2) is 9.18 Å². The maximum Gasteiger partial charge on any atom is 0.328 e. The quantitative estimate of drug-likeness (QED) is 0.497. The molecule has 1 fully saturated rings. The third-order valence-electron chi connectivity index (χ3n) is 2.65. The third kappa shape index (κ3) is 2.58. The second-order valence-corrected chi connectivity index (χ2v) is 4.70. The Balaban J connectivity index is 2.13. The molecule has 0 amide bonds. The predicted octanol–water partition coefficient (Wildman–Crippen LogP) is 1.83. The lowest BCUT2D eigenvalue weighted by atomic mass is 10.2. The van der Waals surface area contributed by atoms with E-state index in [0.717, 1.165) is 19.4 Å². The molecular weight excluding hydrogens is 291 g/mol. The van der Waals surface area contributed by atoms with Gasteiger partial charge in [0.1, 0.15) is 11.7 Å². The van der Waals surface area contributed by atoms with Gasteiger partial charge in [0.2, 0.25) is 0 Å². The Morgan fingerprint density at radius 1 is 1.59 bits per heavy atom. The van der Waals surface area contributed by atoms with Gasteiger partial charge in [-0.1, -0.05) is 0 Å². The van der Waals surface area contributed by atoms with E-state index in [-0.39, 0.29) is 22.0 Å². The van der Waals surface area contributed by atoms with Gasteiger partial charge in [-0.3, -0.25) is 0 Å². The minimum Gasteiger partial charge on any atom is -0.423 e. The highest BCUT2D eigenvalue weighted by Gasteiger charge is 2.25. The number of anilines is 1. The van der Waals surface area contributed by atoms with Crippen LogP contribution in [0, 0.1) is 5.82 Å². The summed E-state index contributed by atoms with van der Waals surface area (Å²) in [6.07, 6.45) is 1.67. The second-order valence-electron chi connectivity index (χ2n) is 3.84. The van der Waals surface area contributed by atoms with E-state index in [2.05, 4.69) is 21.2 Å². The first-order valence-electron chi connectivity index (χ1n) is 5.28. The molecule has 1 atom stereocenters. The monoisotopic (exact) mass is 302 g/mol. The molecule has 1 aliphatic heterocycles. The minimum absolute atomic E-state index is 0.0596. The van der Waals surface area contributed by atoms with Crippen molar-refractivity contribution in [3.63, 3.8) is 0 Å². The number of nitrogen functional groups attached to an aromatic ring is 1. The Bertz CT molecular complexity index is 447. The van der Waals surface area contributed by atoms with Crippen molar-refractivity contribution in [2.45, 2.75) is 18.9 Å². The van der Waals surface area contributed by atoms with Crippen molar-refractivity contribution in [2.24, 2.45) is 0 Å². The summed E-state index contributed by atoms with van der Waals surface area (Å²) in [5.41, 5.74) is 5.37. The van der Waals surface area contributed by atoms with Crippen LogP contribution in [0.2, 0.25) is 0 Å². The minimum atomic E-state index is -0.616. The van der Waals surface area contributed by atoms with Crippen molar-refractivity contribution in [3.8, 4) is 5.75 Å². The van der Waals surface area contributed by atoms with Crippen LogP contribution in [0.4, 0.5) is 10.1 Å². The van der Waals surface area contributed by atoms with Crippen molar-refractivity contribution >= 4 is 27.6 Å². The highest BCUT2D eigenvalue weighted by atomic mass is 79.9. The van der Waals surface area contributed by atoms with E-state index >= 15 is 0 Å². The van der Waals surface area contributed by atoms with Crippen LogP contribution in [0.1, 0.15) is 12.8 Å². The Morgan fingerprint density at radius 2 is 2.35 bits per heavy atom. The molecule has 17 heavy (non-hydrogen) atoms. The van der Waals surface area contributed by atoms with Crippen LogP contribution >= 0.6 is 15.9 Å². The standard InChI is InChI=1S/C11H12BrFN2O2/c12-6-3-4-8(10(14)9(6)13)17-11(16)7-2-1-5-15-7/h3-4,7,15H,1-2,5,14H2/t7-/m0/s1. The summed E-state index contributed by atoms with van der Waals surface area (Å²) < 4.78 is 18.8. The smallest absolute Gasteiger partial charge is 0.328 e. The molecule has 0 aromatic heterocycles. The van der Waals surface area contributed by atoms with Crippen molar-refractivity contribution in [1.82, 2.24) is 5.32 Å². The van der Waals surface area contributed by atoms with Gasteiger partial charge in [-0.15, -0.1) is 0 Å². The number of rotatable bonds is 2. The zero-order valence-corrected chi connectivity index (χ0v) is 10.6. The SMILES string of the molecule is Nc1c(OC(=O)[C@@H]2CCCN2)ccc(Br)c1F. The Morgan fingerprint density at radius 3 is 3.00 bits per heavy atom. The van der Waals surface area contributed by atoms with Crippen LogP contribution in [-0.2, 0) is 4.79 Å². The van der Waals surface area contributed by atoms with E-state index in [4.69, 9.17) is 10.5 Å². The van der Waals surface area contributed by atoms with E-state index in [0.29, 0.717) is 0 Å². The molecular formula is C11H12BrFN2O2. The highest BCUT2D eigenvalue weighted by molar-refractivity contribution is 9.10. The van der Waals surface area contributed by atoms with Crippen LogP contribution in [0.3, 0.4) is 0 Å². The van der Waals surface area contributed by atoms with Gasteiger partial charge in [0.05, 0.1) is 4.47 Å². The molecule has 1 aromatic rings. The second kappa shape index (κ2) is 5.01. The molecule has 6 heteroatoms. The fourth-order valence-corrected chi connectivity index (χ4v) is 2.05. The van der Waals surface area contributed by atoms with Crippen LogP contribution in [0.25, 0.3) is 0 Å². The summed E-state index contributed by atoms with van der Waals surface area (Å²) in [7, 11) is 0. The summed E-state index contributed by atoms with van der Waals surface area (Å²) in [4.78, 5) is 11.7. The van der Waals surface area contributed by atoms with Crippen LogP contribution in [0.5, 0.6) is 5.75 Å². The molecule has 1 heterocycles. The largest absolute Gasteiger partial charge is 0.423 e. The van der Waals surface area contributed by atoms with Crippen molar-refractivity contribution in [2.75, 3.05) is 12.3 Å². The number of ether oxygens (including phenoxy) is 1. The van der Waals surface area contributed by atoms with Crippen molar-refractivity contribution < 1.29 is 13.9 Å². The van der Waals surface area contributed by atoms with Gasteiger partial charge in [0, 0.05) is 0 Å². The fraction of sp³-hybridized carbons (Fsp3) is 0.364. The first-order valence-corrected chi connectivity index (χ1v) is 6.07. The van der Waals surface area contributed by atoms with Gasteiger partial charge >= 0.3 is 5.97 Å². The number of nitrogens with one attached hydrogen (secondary N) is 1. The summed E-state index contributed by atoms with van der Waals surface area (Å²) in [6, 6.07) is 2.60. The Hall–Kier alpha value is -1.14. The number of halogens is 2. The zero-order valence-electron chi connectivity index (χ0n) is 9.00. The first kappa shape index (κ1) is 12.3. The number of hydrogen-bond donors (Lipinski definition) is 2. The molecule has 0 unspecified atom stereocenters. The highest BCUT2D eigenvalue weighted by Crippen LogP contribution is 2.30. The molecule has 92 valence electrons. The van der Waals surface area contributed by atoms with Gasteiger partial charge < -0.3 is 15.8 Å². The average molecular weight is 303 g/mol. The van der Waals surface area contributed by atoms with Crippen molar-refractivity contribution in [1.29, 1.82) is 0 Å². The summed E-state index contributed by atoms with van der Waals surface area (Å²) >= 11 is 3.00. The summed E-state index contributed by atoms with van der Waals surface area (Å²) in [6.45, 7) is 0.796. The lowest BCUT2D eigenvalue weighted by molar-refractivity contribution is -0.136. The lowest BCUT2D eigenvalue weighted by Crippen LogP contribution is -2.34. The van der Waals surface area contributed by atoms with Gasteiger partial charge in [0.15, 0.2) is 11.6 Å². The molecule has 0 bridgehead atoms. The summed E-state index contributed by atoms with van der Waals surface area (Å²) in [5.74, 6) is -0.977. The average Bonchev–Trinajstić information content (AvgIpc) is 2.83. The zero-order chi connectivity index (χ0) is 12.4. The van der Waals surface area contributed by atoms with Crippen LogP contribution in [-0.4, -0.2) is 18.6 Å². The maximum atomic E-state index is 13.4. The number of hydrogen-bond acceptors (Lipinski definition) is 4. The number of nitrogens with two attached hydrogens (primary N) is 1. The molecule has 0 radical (unpaired) electrons. The van der Waals surface area contributed by atoms with Crippen LogP contribution < -0.4 is 15.8 Å². The van der Waals surface area contributed by atoms with E-state index in [1.807, 2.05) is 0 Å². The first-order chi connectivity index (χ1) is 8.09. The molecule has 3 N–H and O–H groups in total. The van der Waals surface area contributed by atoms with Gasteiger partial charge in [-0.2, -0.15) is 0 Å². The van der Waals surface area contributed by atoms with Crippen molar-refractivity contribution in [3.05, 3.63) is 22.4 Å². The van der Waals surface area contributed by atoms with E-state index in [1.54, 1.807) is 0 Å². The number of carbonyl (C=O) groups excluding carboxylic acids is 1. The molecule has 1 saturated heterocycles. The van der Waals surface area contributed by atoms with E-state index < -0.39 is 11.8 Å². The van der Waals surface area contributed by atoms with E-state index in [9.17, 15) is 9.18 Å². The molecule has 4 nitrogen and oxygen atoms in total. The molecule has 0 aliphatic carbocycles. The third-order valence-corrected chi connectivity index (χ3v) is 3.26. The van der Waals surface area contributed by atoms with Gasteiger partial charge in [-0.05, 0) is 47.4 Å². The van der Waals surface area contributed by atoms with E-state index in [1.165, 1.54) is 12.1 Å². The summed E-state index contributed by atoms with van der Waals surface area (Å²) in [5, 5.41) is 3.00. The predicted molar refractivity (Wildman–Crippen MR) is 65.2 cm³/mol. The normalized spacial score (nSPS) is 19.3. The molecule has 1 aromatic carbocycles. The Kier molecular flexibility index (Phi) is 3.63. The molecule has 0 spiro atoms. The lowest BCUT2D eigenvalue weighted by Gasteiger charge is -2.12. The topological polar surface area (TPSA) is 64.3 Å². The molecule has 1 aliphatic rings.